The van der Waals surface area contributed by atoms with E-state index in [2.05, 4.69) is 9.72 Å². The second-order valence-electron chi connectivity index (χ2n) is 5.20. The summed E-state index contributed by atoms with van der Waals surface area (Å²) in [5.41, 5.74) is 0.248. The molecule has 1 aromatic heterocycles. The first-order valence-electron chi connectivity index (χ1n) is 7.54. The van der Waals surface area contributed by atoms with E-state index in [-0.39, 0.29) is 23.6 Å². The van der Waals surface area contributed by atoms with Crippen molar-refractivity contribution in [2.24, 2.45) is 0 Å². The number of ether oxygens (including phenoxy) is 2. The number of nitro groups is 1. The number of phenols is 1. The Morgan fingerprint density at radius 3 is 2.69 bits per heavy atom. The molecule has 0 saturated heterocycles. The third-order valence-electron chi connectivity index (χ3n) is 3.26. The number of hydrogen-bond acceptors (Lipinski definition) is 6. The number of nitrogens with zero attached hydrogens (tertiary/aromatic N) is 2. The van der Waals surface area contributed by atoms with E-state index < -0.39 is 10.8 Å². The van der Waals surface area contributed by atoms with Gasteiger partial charge in [-0.15, -0.1) is 0 Å². The van der Waals surface area contributed by atoms with Crippen molar-refractivity contribution in [3.8, 4) is 11.5 Å². The maximum Gasteiger partial charge on any atom is 0.268 e. The summed E-state index contributed by atoms with van der Waals surface area (Å²) in [5, 5.41) is 20.8. The molecule has 0 unspecified atom stereocenters. The Kier molecular flexibility index (Phi) is 6.40. The first-order valence-corrected chi connectivity index (χ1v) is 7.54. The Hall–Kier alpha value is -3.26. The van der Waals surface area contributed by atoms with Crippen molar-refractivity contribution in [3.63, 3.8) is 0 Å². The fourth-order valence-electron chi connectivity index (χ4n) is 2.18. The van der Waals surface area contributed by atoms with Crippen molar-refractivity contribution in [3.05, 3.63) is 76.1 Å². The topological polar surface area (TPSA) is 94.7 Å². The molecule has 7 nitrogen and oxygen atoms in total. The number of pyridine rings is 1. The largest absolute Gasteiger partial charge is 0.508 e. The fraction of sp³-hybridized carbons (Fsp3) is 0.167. The highest BCUT2D eigenvalue weighted by molar-refractivity contribution is 5.86. The van der Waals surface area contributed by atoms with E-state index in [4.69, 9.17) is 4.74 Å². The lowest BCUT2D eigenvalue weighted by Gasteiger charge is -2.10. The molecule has 1 aromatic carbocycles. The van der Waals surface area contributed by atoms with Gasteiger partial charge in [0.25, 0.3) is 5.70 Å². The minimum atomic E-state index is -0.837. The zero-order valence-electron chi connectivity index (χ0n) is 14.2. The Morgan fingerprint density at radius 1 is 1.27 bits per heavy atom. The van der Waals surface area contributed by atoms with E-state index in [1.165, 1.54) is 36.5 Å². The lowest BCUT2D eigenvalue weighted by atomic mass is 10.2. The van der Waals surface area contributed by atoms with Crippen LogP contribution < -0.4 is 4.74 Å². The minimum absolute atomic E-state index is 0.0264. The van der Waals surface area contributed by atoms with E-state index in [1.54, 1.807) is 20.3 Å². The summed E-state index contributed by atoms with van der Waals surface area (Å²) in [4.78, 5) is 14.2. The van der Waals surface area contributed by atoms with Crippen LogP contribution >= 0.6 is 0 Å². The monoisotopic (exact) mass is 360 g/mol. The van der Waals surface area contributed by atoms with Gasteiger partial charge < -0.3 is 14.6 Å². The van der Waals surface area contributed by atoms with E-state index >= 15 is 0 Å². The molecule has 0 amide bonds. The molecule has 8 heteroatoms. The average Bonchev–Trinajstić information content (AvgIpc) is 2.78. The van der Waals surface area contributed by atoms with Gasteiger partial charge in [-0.2, -0.15) is 0 Å². The molecular formula is C18H17FN2O5. The number of phenolic OH excluding ortho intramolecular Hbond substituents is 1. The highest BCUT2D eigenvalue weighted by Gasteiger charge is 2.17. The van der Waals surface area contributed by atoms with Crippen molar-refractivity contribution < 1.29 is 23.9 Å². The van der Waals surface area contributed by atoms with Gasteiger partial charge in [0.1, 0.15) is 11.5 Å². The normalized spacial score (nSPS) is 13.6. The number of fused-ring (bicyclic) bond motifs is 1. The quantitative estimate of drug-likeness (QED) is 0.659. The molecule has 0 aliphatic heterocycles. The van der Waals surface area contributed by atoms with Crippen LogP contribution in [0, 0.1) is 10.1 Å². The molecule has 0 fully saturated rings. The average molecular weight is 360 g/mol. The van der Waals surface area contributed by atoms with Gasteiger partial charge in [0, 0.05) is 25.8 Å². The number of hydrogen-bond donors (Lipinski definition) is 1. The first-order chi connectivity index (χ1) is 12.5. The molecule has 26 heavy (non-hydrogen) atoms. The van der Waals surface area contributed by atoms with Gasteiger partial charge in [-0.3, -0.25) is 15.1 Å². The predicted molar refractivity (Wildman–Crippen MR) is 93.9 cm³/mol. The molecule has 1 aliphatic carbocycles. The zero-order valence-corrected chi connectivity index (χ0v) is 14.2. The summed E-state index contributed by atoms with van der Waals surface area (Å²) >= 11 is 0. The van der Waals surface area contributed by atoms with Gasteiger partial charge in [-0.1, -0.05) is 0 Å². The van der Waals surface area contributed by atoms with Crippen LogP contribution in [0.4, 0.5) is 4.39 Å². The Balaban J connectivity index is 0.000000758. The van der Waals surface area contributed by atoms with E-state index in [0.717, 1.165) is 6.08 Å². The van der Waals surface area contributed by atoms with Gasteiger partial charge in [-0.25, -0.2) is 4.39 Å². The first kappa shape index (κ1) is 19.1. The summed E-state index contributed by atoms with van der Waals surface area (Å²) in [6.07, 6.45) is 5.20. The van der Waals surface area contributed by atoms with Crippen LogP contribution in [0.3, 0.4) is 0 Å². The number of aromatic hydroxyl groups is 1. The molecule has 0 radical (unpaired) electrons. The standard InChI is InChI=1S/C16H11FN2O4.C2H6O/c17-13-8-10(19(21)22)2-1-3-16(13)23-15-6-7-18-14-5-4-11(20)9-12(14)15;1-3-2/h2-9,20H,1H2;1-2H3. The van der Waals surface area contributed by atoms with Crippen molar-refractivity contribution in [1.29, 1.82) is 0 Å². The Bertz CT molecular complexity index is 906. The number of halogens is 1. The molecule has 0 saturated carbocycles. The summed E-state index contributed by atoms with van der Waals surface area (Å²) in [6.45, 7) is 0. The minimum Gasteiger partial charge on any atom is -0.508 e. The lowest BCUT2D eigenvalue weighted by molar-refractivity contribution is -0.419. The molecule has 1 heterocycles. The molecule has 1 aliphatic rings. The van der Waals surface area contributed by atoms with Crippen LogP contribution in [0.1, 0.15) is 6.42 Å². The number of allylic oxidation sites excluding steroid dienone is 4. The van der Waals surface area contributed by atoms with Crippen LogP contribution in [-0.2, 0) is 4.74 Å². The van der Waals surface area contributed by atoms with Gasteiger partial charge in [0.2, 0.25) is 0 Å². The maximum atomic E-state index is 14.1. The van der Waals surface area contributed by atoms with Crippen molar-refractivity contribution >= 4 is 10.9 Å². The van der Waals surface area contributed by atoms with Gasteiger partial charge >= 0.3 is 0 Å². The van der Waals surface area contributed by atoms with Gasteiger partial charge in [0.15, 0.2) is 11.6 Å². The molecule has 0 spiro atoms. The Morgan fingerprint density at radius 2 is 2.00 bits per heavy atom. The maximum absolute atomic E-state index is 14.1. The van der Waals surface area contributed by atoms with Gasteiger partial charge in [-0.05, 0) is 42.8 Å². The fourth-order valence-corrected chi connectivity index (χ4v) is 2.18. The van der Waals surface area contributed by atoms with Crippen LogP contribution in [0.15, 0.2) is 66.0 Å². The predicted octanol–water partition coefficient (Wildman–Crippen LogP) is 3.88. The van der Waals surface area contributed by atoms with E-state index in [0.29, 0.717) is 16.7 Å². The van der Waals surface area contributed by atoms with E-state index in [9.17, 15) is 19.6 Å². The molecule has 3 rings (SSSR count). The van der Waals surface area contributed by atoms with Crippen LogP contribution in [0.25, 0.3) is 10.9 Å². The van der Waals surface area contributed by atoms with Crippen LogP contribution in [0.2, 0.25) is 0 Å². The zero-order chi connectivity index (χ0) is 19.1. The number of rotatable bonds is 3. The lowest BCUT2D eigenvalue weighted by Crippen LogP contribution is -1.99. The SMILES string of the molecule is COC.O=[N+]([O-])C1=CCC=C(Oc2ccnc3ccc(O)cc23)C(F)=C1. The smallest absolute Gasteiger partial charge is 0.268 e. The van der Waals surface area contributed by atoms with Gasteiger partial charge in [0.05, 0.1) is 16.5 Å². The highest BCUT2D eigenvalue weighted by Crippen LogP contribution is 2.31. The molecule has 136 valence electrons. The van der Waals surface area contributed by atoms with Crippen molar-refractivity contribution in [2.45, 2.75) is 6.42 Å². The second kappa shape index (κ2) is 8.72. The summed E-state index contributed by atoms with van der Waals surface area (Å²) < 4.78 is 23.9. The molecule has 0 atom stereocenters. The van der Waals surface area contributed by atoms with E-state index in [1.807, 2.05) is 0 Å². The Labute approximate surface area is 148 Å². The van der Waals surface area contributed by atoms with Crippen molar-refractivity contribution in [1.82, 2.24) is 4.98 Å². The van der Waals surface area contributed by atoms with Crippen LogP contribution in [0.5, 0.6) is 11.5 Å². The number of methoxy groups -OCH3 is 1. The van der Waals surface area contributed by atoms with Crippen LogP contribution in [-0.4, -0.2) is 29.2 Å². The number of benzene rings is 1. The second-order valence-corrected chi connectivity index (χ2v) is 5.20. The van der Waals surface area contributed by atoms with Crippen molar-refractivity contribution in [2.75, 3.05) is 14.2 Å². The summed E-state index contributed by atoms with van der Waals surface area (Å²) in [6, 6.07) is 6.08. The molecule has 1 N–H and O–H groups in total. The third kappa shape index (κ3) is 4.64. The number of aromatic nitrogens is 1. The molecule has 0 bridgehead atoms. The summed E-state index contributed by atoms with van der Waals surface area (Å²) in [7, 11) is 3.25. The summed E-state index contributed by atoms with van der Waals surface area (Å²) in [5.74, 6) is -0.631. The third-order valence-corrected chi connectivity index (χ3v) is 3.26. The molecule has 2 aromatic rings. The molecular weight excluding hydrogens is 343 g/mol. The highest BCUT2D eigenvalue weighted by atomic mass is 19.1.